The highest BCUT2D eigenvalue weighted by Crippen LogP contribution is 2.29. The van der Waals surface area contributed by atoms with E-state index in [1.807, 2.05) is 32.0 Å². The van der Waals surface area contributed by atoms with Crippen molar-refractivity contribution in [3.63, 3.8) is 0 Å². The molecule has 1 aliphatic carbocycles. The predicted molar refractivity (Wildman–Crippen MR) is 139 cm³/mol. The van der Waals surface area contributed by atoms with E-state index in [1.54, 1.807) is 25.1 Å². The van der Waals surface area contributed by atoms with Crippen molar-refractivity contribution in [1.29, 1.82) is 0 Å². The summed E-state index contributed by atoms with van der Waals surface area (Å²) in [5, 5.41) is 3.11. The fraction of sp³-hybridized carbons (Fsp3) is 0.517. The first-order chi connectivity index (χ1) is 17.4. The fourth-order valence-electron chi connectivity index (χ4n) is 4.61. The molecule has 0 aromatic heterocycles. The van der Waals surface area contributed by atoms with Gasteiger partial charge < -0.3 is 19.7 Å². The molecule has 196 valence electrons. The number of rotatable bonds is 12. The molecule has 0 spiro atoms. The third-order valence-corrected chi connectivity index (χ3v) is 6.65. The standard InChI is InChI=1S/C29H39FN2O4/c1-4-35-26-17-15-22(19-27(26)36-5-2)16-18-28(33)32(20-23-11-9-10-14-25(23)30)21(3)29(34)31-24-12-7-6-8-13-24/h9-11,14-15,17,19,21,24H,4-8,12-13,16,18,20H2,1-3H3,(H,31,34)/t21-/m0/s1. The summed E-state index contributed by atoms with van der Waals surface area (Å²) >= 11 is 0. The number of nitrogens with zero attached hydrogens (tertiary/aromatic N) is 1. The van der Waals surface area contributed by atoms with Gasteiger partial charge in [0.1, 0.15) is 11.9 Å². The molecule has 2 amide bonds. The second kappa shape index (κ2) is 13.9. The second-order valence-electron chi connectivity index (χ2n) is 9.28. The maximum Gasteiger partial charge on any atom is 0.242 e. The number of carbonyl (C=O) groups excluding carboxylic acids is 2. The minimum absolute atomic E-state index is 0.0399. The number of amides is 2. The molecule has 36 heavy (non-hydrogen) atoms. The summed E-state index contributed by atoms with van der Waals surface area (Å²) in [6.07, 6.45) is 5.97. The summed E-state index contributed by atoms with van der Waals surface area (Å²) in [7, 11) is 0. The van der Waals surface area contributed by atoms with Crippen LogP contribution in [-0.2, 0) is 22.6 Å². The topological polar surface area (TPSA) is 67.9 Å². The maximum atomic E-state index is 14.5. The third-order valence-electron chi connectivity index (χ3n) is 6.65. The van der Waals surface area contributed by atoms with Crippen LogP contribution in [0.25, 0.3) is 0 Å². The molecule has 0 saturated heterocycles. The van der Waals surface area contributed by atoms with E-state index in [-0.39, 0.29) is 36.6 Å². The van der Waals surface area contributed by atoms with E-state index in [0.717, 1.165) is 31.2 Å². The number of carbonyl (C=O) groups is 2. The Morgan fingerprint density at radius 2 is 1.72 bits per heavy atom. The first-order valence-electron chi connectivity index (χ1n) is 13.1. The Bertz CT molecular complexity index is 1010. The summed E-state index contributed by atoms with van der Waals surface area (Å²) < 4.78 is 25.8. The van der Waals surface area contributed by atoms with E-state index in [4.69, 9.17) is 9.47 Å². The molecular formula is C29H39FN2O4. The van der Waals surface area contributed by atoms with Crippen LogP contribution in [0.3, 0.4) is 0 Å². The lowest BCUT2D eigenvalue weighted by Crippen LogP contribution is -2.50. The number of hydrogen-bond donors (Lipinski definition) is 1. The quantitative estimate of drug-likeness (QED) is 0.424. The molecule has 0 unspecified atom stereocenters. The van der Waals surface area contributed by atoms with Crippen molar-refractivity contribution in [2.75, 3.05) is 13.2 Å². The molecule has 3 rings (SSSR count). The molecule has 6 nitrogen and oxygen atoms in total. The Labute approximate surface area is 214 Å². The molecule has 1 saturated carbocycles. The molecule has 1 N–H and O–H groups in total. The number of benzene rings is 2. The van der Waals surface area contributed by atoms with Crippen LogP contribution >= 0.6 is 0 Å². The monoisotopic (exact) mass is 498 g/mol. The fourth-order valence-corrected chi connectivity index (χ4v) is 4.61. The van der Waals surface area contributed by atoms with Crippen molar-refractivity contribution < 1.29 is 23.5 Å². The third kappa shape index (κ3) is 7.70. The van der Waals surface area contributed by atoms with E-state index in [0.29, 0.717) is 36.7 Å². The number of hydrogen-bond acceptors (Lipinski definition) is 4. The van der Waals surface area contributed by atoms with Crippen molar-refractivity contribution in [2.24, 2.45) is 0 Å². The summed E-state index contributed by atoms with van der Waals surface area (Å²) in [4.78, 5) is 28.0. The minimum atomic E-state index is -0.710. The van der Waals surface area contributed by atoms with Crippen LogP contribution in [0.5, 0.6) is 11.5 Å². The van der Waals surface area contributed by atoms with Gasteiger partial charge in [-0.15, -0.1) is 0 Å². The molecule has 0 bridgehead atoms. The smallest absolute Gasteiger partial charge is 0.242 e. The van der Waals surface area contributed by atoms with Gasteiger partial charge in [-0.1, -0.05) is 43.5 Å². The maximum absolute atomic E-state index is 14.5. The lowest BCUT2D eigenvalue weighted by molar-refractivity contribution is -0.141. The van der Waals surface area contributed by atoms with Gasteiger partial charge in [0, 0.05) is 24.6 Å². The van der Waals surface area contributed by atoms with Gasteiger partial charge in [-0.3, -0.25) is 9.59 Å². The Morgan fingerprint density at radius 3 is 2.42 bits per heavy atom. The number of aryl methyl sites for hydroxylation is 1. The van der Waals surface area contributed by atoms with Gasteiger partial charge in [-0.05, 0) is 63.8 Å². The predicted octanol–water partition coefficient (Wildman–Crippen LogP) is 5.42. The van der Waals surface area contributed by atoms with Gasteiger partial charge in [-0.25, -0.2) is 4.39 Å². The molecule has 0 radical (unpaired) electrons. The zero-order valence-corrected chi connectivity index (χ0v) is 21.7. The molecule has 1 atom stereocenters. The molecule has 2 aromatic rings. The Morgan fingerprint density at radius 1 is 1.03 bits per heavy atom. The van der Waals surface area contributed by atoms with Crippen molar-refractivity contribution in [2.45, 2.75) is 84.3 Å². The van der Waals surface area contributed by atoms with E-state index in [1.165, 1.54) is 17.4 Å². The van der Waals surface area contributed by atoms with E-state index < -0.39 is 6.04 Å². The Kier molecular flexibility index (Phi) is 10.6. The Hall–Kier alpha value is -3.09. The number of ether oxygens (including phenoxy) is 2. The number of halogens is 1. The minimum Gasteiger partial charge on any atom is -0.490 e. The van der Waals surface area contributed by atoms with Crippen LogP contribution in [0.4, 0.5) is 4.39 Å². The van der Waals surface area contributed by atoms with Crippen molar-refractivity contribution >= 4 is 11.8 Å². The molecule has 0 heterocycles. The van der Waals surface area contributed by atoms with E-state index in [9.17, 15) is 14.0 Å². The number of nitrogens with one attached hydrogen (secondary N) is 1. The highest BCUT2D eigenvalue weighted by molar-refractivity contribution is 5.87. The van der Waals surface area contributed by atoms with Crippen molar-refractivity contribution in [1.82, 2.24) is 10.2 Å². The first kappa shape index (κ1) is 27.5. The van der Waals surface area contributed by atoms with Crippen molar-refractivity contribution in [3.8, 4) is 11.5 Å². The second-order valence-corrected chi connectivity index (χ2v) is 9.28. The SMILES string of the molecule is CCOc1ccc(CCC(=O)N(Cc2ccccc2F)[C@@H](C)C(=O)NC2CCCCC2)cc1OCC. The molecule has 1 aliphatic rings. The van der Waals surface area contributed by atoms with Gasteiger partial charge in [0.2, 0.25) is 11.8 Å². The highest BCUT2D eigenvalue weighted by atomic mass is 19.1. The van der Waals surface area contributed by atoms with Gasteiger partial charge in [-0.2, -0.15) is 0 Å². The normalized spacial score (nSPS) is 14.7. The molecule has 0 aliphatic heterocycles. The molecule has 2 aromatic carbocycles. The van der Waals surface area contributed by atoms with Crippen LogP contribution in [-0.4, -0.2) is 42.0 Å². The van der Waals surface area contributed by atoms with E-state index in [2.05, 4.69) is 5.32 Å². The van der Waals surface area contributed by atoms with Crippen LogP contribution in [0, 0.1) is 5.82 Å². The van der Waals surface area contributed by atoms with Crippen LogP contribution in [0.2, 0.25) is 0 Å². The Balaban J connectivity index is 1.73. The van der Waals surface area contributed by atoms with Crippen molar-refractivity contribution in [3.05, 3.63) is 59.4 Å². The summed E-state index contributed by atoms with van der Waals surface area (Å²) in [5.41, 5.74) is 1.32. The summed E-state index contributed by atoms with van der Waals surface area (Å²) in [6, 6.07) is 11.5. The molecular weight excluding hydrogens is 459 g/mol. The zero-order valence-electron chi connectivity index (χ0n) is 21.7. The van der Waals surface area contributed by atoms with Crippen LogP contribution < -0.4 is 14.8 Å². The van der Waals surface area contributed by atoms with Crippen LogP contribution in [0.15, 0.2) is 42.5 Å². The summed E-state index contributed by atoms with van der Waals surface area (Å²) in [6.45, 7) is 6.62. The molecule has 7 heteroatoms. The van der Waals surface area contributed by atoms with E-state index >= 15 is 0 Å². The first-order valence-corrected chi connectivity index (χ1v) is 13.1. The van der Waals surface area contributed by atoms with Gasteiger partial charge in [0.25, 0.3) is 0 Å². The van der Waals surface area contributed by atoms with Gasteiger partial charge in [0.15, 0.2) is 11.5 Å². The van der Waals surface area contributed by atoms with Gasteiger partial charge >= 0.3 is 0 Å². The average Bonchev–Trinajstić information content (AvgIpc) is 2.88. The lowest BCUT2D eigenvalue weighted by atomic mass is 9.95. The zero-order chi connectivity index (χ0) is 25.9. The highest BCUT2D eigenvalue weighted by Gasteiger charge is 2.28. The largest absolute Gasteiger partial charge is 0.490 e. The van der Waals surface area contributed by atoms with Gasteiger partial charge in [0.05, 0.1) is 13.2 Å². The lowest BCUT2D eigenvalue weighted by Gasteiger charge is -2.31. The summed E-state index contributed by atoms with van der Waals surface area (Å²) in [5.74, 6) is 0.544. The molecule has 1 fully saturated rings. The van der Waals surface area contributed by atoms with Crippen LogP contribution in [0.1, 0.15) is 70.4 Å². The average molecular weight is 499 g/mol.